The number of esters is 1. The highest BCUT2D eigenvalue weighted by Crippen LogP contribution is 2.35. The molecule has 25 heavy (non-hydrogen) atoms. The molecule has 0 aliphatic carbocycles. The molecule has 0 aromatic heterocycles. The molecule has 0 spiro atoms. The van der Waals surface area contributed by atoms with Crippen molar-refractivity contribution in [2.75, 3.05) is 34.4 Å². The second kappa shape index (κ2) is 7.82. The first-order valence-electron chi connectivity index (χ1n) is 7.70. The summed E-state index contributed by atoms with van der Waals surface area (Å²) < 4.78 is 14.9. The minimum Gasteiger partial charge on any atom is -0.493 e. The van der Waals surface area contributed by atoms with Crippen LogP contribution < -0.4 is 9.47 Å². The number of carbonyl (C=O) groups excluding carboxylic acids is 2. The minimum atomic E-state index is -0.642. The number of hydrogen-bond donors (Lipinski definition) is 0. The lowest BCUT2D eigenvalue weighted by molar-refractivity contribution is -0.385. The average molecular weight is 352 g/mol. The van der Waals surface area contributed by atoms with Crippen LogP contribution in [0.4, 0.5) is 5.69 Å². The average Bonchev–Trinajstić information content (AvgIpc) is 2.65. The molecule has 1 aromatic carbocycles. The third-order valence-corrected chi connectivity index (χ3v) is 4.17. The van der Waals surface area contributed by atoms with E-state index >= 15 is 0 Å². The van der Waals surface area contributed by atoms with Gasteiger partial charge in [-0.2, -0.15) is 0 Å². The number of hydrogen-bond acceptors (Lipinski definition) is 7. The summed E-state index contributed by atoms with van der Waals surface area (Å²) in [5.41, 5.74) is -0.476. The van der Waals surface area contributed by atoms with E-state index < -0.39 is 16.7 Å². The van der Waals surface area contributed by atoms with Gasteiger partial charge >= 0.3 is 5.97 Å². The van der Waals surface area contributed by atoms with E-state index in [0.717, 1.165) is 6.07 Å². The van der Waals surface area contributed by atoms with Crippen LogP contribution in [0.5, 0.6) is 11.5 Å². The van der Waals surface area contributed by atoms with Crippen LogP contribution in [-0.4, -0.2) is 56.1 Å². The van der Waals surface area contributed by atoms with Crippen molar-refractivity contribution in [1.29, 1.82) is 0 Å². The number of piperidine rings is 1. The van der Waals surface area contributed by atoms with Gasteiger partial charge in [0, 0.05) is 19.2 Å². The van der Waals surface area contributed by atoms with Crippen molar-refractivity contribution in [1.82, 2.24) is 4.90 Å². The van der Waals surface area contributed by atoms with E-state index in [-0.39, 0.29) is 35.3 Å². The van der Waals surface area contributed by atoms with Crippen molar-refractivity contribution in [3.05, 3.63) is 27.8 Å². The highest BCUT2D eigenvalue weighted by atomic mass is 16.6. The van der Waals surface area contributed by atoms with Gasteiger partial charge in [0.1, 0.15) is 5.56 Å². The van der Waals surface area contributed by atoms with Gasteiger partial charge in [-0.1, -0.05) is 0 Å². The Kier molecular flexibility index (Phi) is 5.79. The third-order valence-electron chi connectivity index (χ3n) is 4.17. The van der Waals surface area contributed by atoms with Gasteiger partial charge in [-0.25, -0.2) is 0 Å². The summed E-state index contributed by atoms with van der Waals surface area (Å²) in [7, 11) is 4.03. The molecule has 1 aliphatic heterocycles. The number of nitrogens with zero attached hydrogens (tertiary/aromatic N) is 2. The number of likely N-dealkylation sites (tertiary alicyclic amines) is 1. The lowest BCUT2D eigenvalue weighted by Gasteiger charge is -2.31. The molecule has 1 fully saturated rings. The van der Waals surface area contributed by atoms with Gasteiger partial charge in [0.25, 0.3) is 11.6 Å². The summed E-state index contributed by atoms with van der Waals surface area (Å²) >= 11 is 0. The zero-order chi connectivity index (χ0) is 18.6. The molecule has 0 saturated carbocycles. The van der Waals surface area contributed by atoms with Gasteiger partial charge in [0.2, 0.25) is 0 Å². The maximum atomic E-state index is 12.8. The second-order valence-electron chi connectivity index (χ2n) is 5.59. The Bertz CT molecular complexity index is 689. The molecule has 1 amide bonds. The molecule has 9 nitrogen and oxygen atoms in total. The van der Waals surface area contributed by atoms with E-state index in [0.29, 0.717) is 19.4 Å². The van der Waals surface area contributed by atoms with E-state index in [1.54, 1.807) is 0 Å². The zero-order valence-corrected chi connectivity index (χ0v) is 14.3. The first-order chi connectivity index (χ1) is 11.9. The Balaban J connectivity index is 2.37. The van der Waals surface area contributed by atoms with Crippen molar-refractivity contribution in [3.8, 4) is 11.5 Å². The highest BCUT2D eigenvalue weighted by Gasteiger charge is 2.33. The number of methoxy groups -OCH3 is 3. The van der Waals surface area contributed by atoms with Crippen molar-refractivity contribution in [2.45, 2.75) is 12.8 Å². The molecule has 1 aliphatic rings. The minimum absolute atomic E-state index is 0.104. The van der Waals surface area contributed by atoms with Gasteiger partial charge < -0.3 is 19.1 Å². The summed E-state index contributed by atoms with van der Waals surface area (Å²) in [6.45, 7) is 0.578. The van der Waals surface area contributed by atoms with Crippen LogP contribution in [0.25, 0.3) is 0 Å². The van der Waals surface area contributed by atoms with Crippen LogP contribution in [-0.2, 0) is 9.53 Å². The van der Waals surface area contributed by atoms with Crippen LogP contribution in [0.3, 0.4) is 0 Å². The van der Waals surface area contributed by atoms with Crippen LogP contribution in [0, 0.1) is 16.0 Å². The molecule has 1 aromatic rings. The third kappa shape index (κ3) is 3.81. The summed E-state index contributed by atoms with van der Waals surface area (Å²) in [5, 5.41) is 11.4. The largest absolute Gasteiger partial charge is 0.493 e. The quantitative estimate of drug-likeness (QED) is 0.450. The molecule has 0 bridgehead atoms. The first kappa shape index (κ1) is 18.5. The number of benzene rings is 1. The van der Waals surface area contributed by atoms with E-state index in [1.807, 2.05) is 0 Å². The van der Waals surface area contributed by atoms with Crippen molar-refractivity contribution in [2.24, 2.45) is 5.92 Å². The van der Waals surface area contributed by atoms with Gasteiger partial charge in [-0.15, -0.1) is 0 Å². The van der Waals surface area contributed by atoms with Crippen LogP contribution in [0.2, 0.25) is 0 Å². The lowest BCUT2D eigenvalue weighted by atomic mass is 9.97. The number of ether oxygens (including phenoxy) is 3. The van der Waals surface area contributed by atoms with Crippen molar-refractivity contribution >= 4 is 17.6 Å². The fourth-order valence-electron chi connectivity index (χ4n) is 2.88. The molecule has 1 heterocycles. The fraction of sp³-hybridized carbons (Fsp3) is 0.500. The van der Waals surface area contributed by atoms with Gasteiger partial charge in [-0.05, 0) is 12.8 Å². The van der Waals surface area contributed by atoms with Gasteiger partial charge in [-0.3, -0.25) is 19.7 Å². The van der Waals surface area contributed by atoms with Gasteiger partial charge in [0.15, 0.2) is 11.5 Å². The van der Waals surface area contributed by atoms with Crippen LogP contribution in [0.1, 0.15) is 23.2 Å². The summed E-state index contributed by atoms with van der Waals surface area (Å²) in [6, 6.07) is 2.45. The van der Waals surface area contributed by atoms with Crippen LogP contribution >= 0.6 is 0 Å². The maximum absolute atomic E-state index is 12.8. The topological polar surface area (TPSA) is 108 Å². The number of carbonyl (C=O) groups is 2. The number of nitro benzene ring substituents is 1. The Morgan fingerprint density at radius 3 is 2.40 bits per heavy atom. The lowest BCUT2D eigenvalue weighted by Crippen LogP contribution is -2.42. The summed E-state index contributed by atoms with van der Waals surface area (Å²) in [6.07, 6.45) is 1.23. The Morgan fingerprint density at radius 1 is 1.20 bits per heavy atom. The molecular formula is C16H20N2O7. The Hall–Kier alpha value is -2.84. The molecule has 1 atom stereocenters. The van der Waals surface area contributed by atoms with E-state index in [4.69, 9.17) is 14.2 Å². The van der Waals surface area contributed by atoms with Crippen LogP contribution in [0.15, 0.2) is 12.1 Å². The normalized spacial score (nSPS) is 16.9. The summed E-state index contributed by atoms with van der Waals surface area (Å²) in [5.74, 6) is -0.961. The molecule has 1 saturated heterocycles. The van der Waals surface area contributed by atoms with Gasteiger partial charge in [0.05, 0.1) is 38.2 Å². The number of amides is 1. The number of rotatable bonds is 5. The van der Waals surface area contributed by atoms with E-state index in [1.165, 1.54) is 32.3 Å². The first-order valence-corrected chi connectivity index (χ1v) is 7.70. The molecular weight excluding hydrogens is 332 g/mol. The van der Waals surface area contributed by atoms with E-state index in [2.05, 4.69) is 0 Å². The molecule has 136 valence electrons. The maximum Gasteiger partial charge on any atom is 0.310 e. The molecule has 2 rings (SSSR count). The SMILES string of the molecule is COC(=O)C1CCCN(C(=O)c2cc(OC)c(OC)cc2[N+](=O)[O-])C1. The highest BCUT2D eigenvalue weighted by molar-refractivity contribution is 5.99. The molecule has 0 radical (unpaired) electrons. The predicted octanol–water partition coefficient (Wildman–Crippen LogP) is 1.64. The molecule has 1 unspecified atom stereocenters. The zero-order valence-electron chi connectivity index (χ0n) is 14.3. The monoisotopic (exact) mass is 352 g/mol. The number of nitro groups is 1. The molecule has 0 N–H and O–H groups in total. The Labute approximate surface area is 144 Å². The van der Waals surface area contributed by atoms with Crippen molar-refractivity contribution < 1.29 is 28.7 Å². The standard InChI is InChI=1S/C16H20N2O7/c1-23-13-7-11(12(18(21)22)8-14(13)24-2)15(19)17-6-4-5-10(9-17)16(20)25-3/h7-8,10H,4-6,9H2,1-3H3. The van der Waals surface area contributed by atoms with E-state index in [9.17, 15) is 19.7 Å². The Morgan fingerprint density at radius 2 is 1.84 bits per heavy atom. The fourth-order valence-corrected chi connectivity index (χ4v) is 2.88. The molecule has 9 heteroatoms. The second-order valence-corrected chi connectivity index (χ2v) is 5.59. The summed E-state index contributed by atoms with van der Waals surface area (Å²) in [4.78, 5) is 36.7. The predicted molar refractivity (Wildman–Crippen MR) is 86.8 cm³/mol. The smallest absolute Gasteiger partial charge is 0.310 e. The van der Waals surface area contributed by atoms with Crippen molar-refractivity contribution in [3.63, 3.8) is 0 Å².